The highest BCUT2D eigenvalue weighted by Crippen LogP contribution is 2.43. The summed E-state index contributed by atoms with van der Waals surface area (Å²) in [6, 6.07) is 4.06. The quantitative estimate of drug-likeness (QED) is 0.534. The fraction of sp³-hybridized carbons (Fsp3) is 0.278. The first kappa shape index (κ1) is 15.6. The van der Waals surface area contributed by atoms with Crippen LogP contribution in [0.15, 0.2) is 36.9 Å². The van der Waals surface area contributed by atoms with Crippen molar-refractivity contribution in [3.05, 3.63) is 36.9 Å². The van der Waals surface area contributed by atoms with Crippen molar-refractivity contribution >= 4 is 38.4 Å². The van der Waals surface area contributed by atoms with Gasteiger partial charge in [0.05, 0.1) is 6.54 Å². The molecule has 5 rings (SSSR count). The molecule has 5 nitrogen and oxygen atoms in total. The van der Waals surface area contributed by atoms with Crippen LogP contribution in [0.4, 0.5) is 14.7 Å². The van der Waals surface area contributed by atoms with Gasteiger partial charge in [0.15, 0.2) is 0 Å². The number of thiophene rings is 1. The van der Waals surface area contributed by atoms with Crippen LogP contribution in [-0.4, -0.2) is 32.4 Å². The molecule has 2 N–H and O–H groups in total. The van der Waals surface area contributed by atoms with Gasteiger partial charge in [-0.05, 0) is 25.0 Å². The lowest BCUT2D eigenvalue weighted by molar-refractivity contribution is -0.00831. The molecule has 1 saturated carbocycles. The molecular weight excluding hydrogens is 356 g/mol. The molecule has 0 atom stereocenters. The van der Waals surface area contributed by atoms with Crippen molar-refractivity contribution < 1.29 is 8.78 Å². The fourth-order valence-electron chi connectivity index (χ4n) is 3.06. The topological polar surface area (TPSA) is 66.5 Å². The van der Waals surface area contributed by atoms with Crippen LogP contribution in [0.25, 0.3) is 31.6 Å². The van der Waals surface area contributed by atoms with Crippen molar-refractivity contribution in [1.29, 1.82) is 0 Å². The summed E-state index contributed by atoms with van der Waals surface area (Å²) in [5, 5.41) is 4.62. The zero-order valence-corrected chi connectivity index (χ0v) is 14.5. The summed E-state index contributed by atoms with van der Waals surface area (Å²) >= 11 is 1.67. The average molecular weight is 371 g/mol. The van der Waals surface area contributed by atoms with E-state index in [4.69, 9.17) is 0 Å². The number of rotatable bonds is 5. The Hall–Kier alpha value is -2.61. The first-order valence-electron chi connectivity index (χ1n) is 8.40. The second-order valence-corrected chi connectivity index (χ2v) is 7.66. The molecule has 8 heteroatoms. The predicted octanol–water partition coefficient (Wildman–Crippen LogP) is 4.69. The van der Waals surface area contributed by atoms with Crippen LogP contribution >= 0.6 is 11.3 Å². The van der Waals surface area contributed by atoms with E-state index in [2.05, 4.69) is 31.3 Å². The third kappa shape index (κ3) is 2.70. The minimum atomic E-state index is -2.70. The number of alkyl halides is 2. The molecule has 0 aliphatic heterocycles. The summed E-state index contributed by atoms with van der Waals surface area (Å²) in [5.74, 6) is -2.99. The Labute approximate surface area is 151 Å². The Bertz CT molecular complexity index is 1070. The fourth-order valence-corrected chi connectivity index (χ4v) is 4.12. The van der Waals surface area contributed by atoms with E-state index < -0.39 is 18.4 Å². The zero-order chi connectivity index (χ0) is 17.7. The maximum absolute atomic E-state index is 13.8. The molecule has 4 heterocycles. The zero-order valence-electron chi connectivity index (χ0n) is 13.7. The molecule has 0 spiro atoms. The van der Waals surface area contributed by atoms with E-state index >= 15 is 0 Å². The van der Waals surface area contributed by atoms with Crippen molar-refractivity contribution in [2.75, 3.05) is 11.9 Å². The second-order valence-electron chi connectivity index (χ2n) is 6.57. The molecule has 1 aliphatic rings. The van der Waals surface area contributed by atoms with E-state index in [1.54, 1.807) is 23.7 Å². The van der Waals surface area contributed by atoms with Gasteiger partial charge in [-0.25, -0.2) is 13.8 Å². The molecule has 1 fully saturated rings. The average Bonchev–Trinajstić information content (AvgIpc) is 3.29. The van der Waals surface area contributed by atoms with Gasteiger partial charge in [-0.15, -0.1) is 11.3 Å². The molecule has 0 bridgehead atoms. The third-order valence-electron chi connectivity index (χ3n) is 4.67. The van der Waals surface area contributed by atoms with Gasteiger partial charge in [0, 0.05) is 56.6 Å². The van der Waals surface area contributed by atoms with Crippen molar-refractivity contribution in [3.8, 4) is 10.4 Å². The number of anilines is 1. The van der Waals surface area contributed by atoms with E-state index in [9.17, 15) is 8.78 Å². The Balaban J connectivity index is 1.44. The predicted molar refractivity (Wildman–Crippen MR) is 98.7 cm³/mol. The summed E-state index contributed by atoms with van der Waals surface area (Å²) in [4.78, 5) is 16.9. The summed E-state index contributed by atoms with van der Waals surface area (Å²) in [6.07, 6.45) is 8.35. The number of hydrogen-bond acceptors (Lipinski definition) is 5. The van der Waals surface area contributed by atoms with Crippen LogP contribution in [0.3, 0.4) is 0 Å². The van der Waals surface area contributed by atoms with Crippen molar-refractivity contribution in [1.82, 2.24) is 19.9 Å². The molecule has 4 aromatic heterocycles. The highest BCUT2D eigenvalue weighted by atomic mass is 32.1. The molecule has 0 radical (unpaired) electrons. The molecule has 132 valence electrons. The molecule has 0 amide bonds. The van der Waals surface area contributed by atoms with Crippen LogP contribution in [0.1, 0.15) is 12.8 Å². The van der Waals surface area contributed by atoms with E-state index in [1.165, 1.54) is 0 Å². The second kappa shape index (κ2) is 5.70. The highest BCUT2D eigenvalue weighted by molar-refractivity contribution is 7.22. The Morgan fingerprint density at radius 3 is 3.00 bits per heavy atom. The lowest BCUT2D eigenvalue weighted by Gasteiger charge is -2.15. The maximum Gasteiger partial charge on any atom is 0.267 e. The number of H-pyrrole nitrogens is 1. The van der Waals surface area contributed by atoms with Gasteiger partial charge in [-0.2, -0.15) is 4.98 Å². The van der Waals surface area contributed by atoms with E-state index in [0.29, 0.717) is 18.5 Å². The Morgan fingerprint density at radius 1 is 1.31 bits per heavy atom. The normalized spacial score (nSPS) is 15.0. The Kier molecular flexibility index (Phi) is 3.43. The van der Waals surface area contributed by atoms with Gasteiger partial charge in [0.1, 0.15) is 5.65 Å². The summed E-state index contributed by atoms with van der Waals surface area (Å²) in [5.41, 5.74) is 1.62. The summed E-state index contributed by atoms with van der Waals surface area (Å²) in [6.45, 7) is -0.431. The SMILES string of the molecule is FC(F)(CNc1ncc2c(-c3cc4cnccc4s3)c[nH]c2n1)C1CC1. The molecule has 1 aliphatic carbocycles. The first-order valence-corrected chi connectivity index (χ1v) is 9.21. The number of aromatic nitrogens is 4. The van der Waals surface area contributed by atoms with Gasteiger partial charge in [0.2, 0.25) is 5.95 Å². The van der Waals surface area contributed by atoms with E-state index in [1.807, 2.05) is 18.5 Å². The standard InChI is InChI=1S/C18H15F2N5S/c19-18(20,11-1-2-11)9-24-17-23-8-13-12(7-22-16(13)25-17)15-5-10-6-21-4-3-14(10)26-15/h3-8,11H,1-2,9H2,(H2,22,23,24,25). The van der Waals surface area contributed by atoms with Gasteiger partial charge < -0.3 is 10.3 Å². The first-order chi connectivity index (χ1) is 12.6. The Morgan fingerprint density at radius 2 is 2.19 bits per heavy atom. The van der Waals surface area contributed by atoms with Crippen LogP contribution in [0, 0.1) is 5.92 Å². The van der Waals surface area contributed by atoms with Crippen LogP contribution < -0.4 is 5.32 Å². The van der Waals surface area contributed by atoms with Crippen molar-refractivity contribution in [3.63, 3.8) is 0 Å². The number of aromatic amines is 1. The maximum atomic E-state index is 13.8. The largest absolute Gasteiger partial charge is 0.348 e. The lowest BCUT2D eigenvalue weighted by atomic mass is 10.2. The molecule has 26 heavy (non-hydrogen) atoms. The number of hydrogen-bond donors (Lipinski definition) is 2. The van der Waals surface area contributed by atoms with Gasteiger partial charge in [0.25, 0.3) is 5.92 Å². The van der Waals surface area contributed by atoms with Gasteiger partial charge in [-0.1, -0.05) is 0 Å². The van der Waals surface area contributed by atoms with Crippen molar-refractivity contribution in [2.24, 2.45) is 5.92 Å². The van der Waals surface area contributed by atoms with Crippen LogP contribution in [0.2, 0.25) is 0 Å². The van der Waals surface area contributed by atoms with Gasteiger partial charge >= 0.3 is 0 Å². The summed E-state index contributed by atoms with van der Waals surface area (Å²) in [7, 11) is 0. The van der Waals surface area contributed by atoms with Crippen LogP contribution in [-0.2, 0) is 0 Å². The minimum absolute atomic E-state index is 0.215. The number of fused-ring (bicyclic) bond motifs is 2. The number of halogens is 2. The highest BCUT2D eigenvalue weighted by Gasteiger charge is 2.46. The van der Waals surface area contributed by atoms with Crippen LogP contribution in [0.5, 0.6) is 0 Å². The van der Waals surface area contributed by atoms with E-state index in [0.717, 1.165) is 25.9 Å². The van der Waals surface area contributed by atoms with Gasteiger partial charge in [-0.3, -0.25) is 4.98 Å². The molecule has 0 unspecified atom stereocenters. The smallest absolute Gasteiger partial charge is 0.267 e. The minimum Gasteiger partial charge on any atom is -0.348 e. The number of nitrogens with one attached hydrogen (secondary N) is 2. The number of nitrogens with zero attached hydrogens (tertiary/aromatic N) is 3. The molecule has 4 aromatic rings. The third-order valence-corrected chi connectivity index (χ3v) is 5.82. The molecule has 0 saturated heterocycles. The summed E-state index contributed by atoms with van der Waals surface area (Å²) < 4.78 is 28.8. The van der Waals surface area contributed by atoms with Crippen molar-refractivity contribution in [2.45, 2.75) is 18.8 Å². The molecule has 0 aromatic carbocycles. The molecular formula is C18H15F2N5S. The lowest BCUT2D eigenvalue weighted by Crippen LogP contribution is -2.29. The van der Waals surface area contributed by atoms with E-state index in [-0.39, 0.29) is 5.95 Å². The monoisotopic (exact) mass is 371 g/mol. The number of pyridine rings is 1.